The first-order chi connectivity index (χ1) is 21.4. The number of carboxylic acid groups (broad SMARTS) is 1. The van der Waals surface area contributed by atoms with Crippen molar-refractivity contribution in [1.29, 1.82) is 0 Å². The van der Waals surface area contributed by atoms with Crippen LogP contribution in [0.5, 0.6) is 11.5 Å². The molecule has 9 nitrogen and oxygen atoms in total. The van der Waals surface area contributed by atoms with Crippen LogP contribution in [0, 0.1) is 17.8 Å². The van der Waals surface area contributed by atoms with Gasteiger partial charge in [0.2, 0.25) is 5.95 Å². The Morgan fingerprint density at radius 1 is 1.02 bits per heavy atom. The Balaban J connectivity index is 1.35. The molecule has 1 aliphatic carbocycles. The number of anilines is 3. The number of likely N-dealkylation sites (tertiary alicyclic amines) is 1. The van der Waals surface area contributed by atoms with Crippen molar-refractivity contribution in [3.63, 3.8) is 0 Å². The van der Waals surface area contributed by atoms with E-state index in [9.17, 15) is 9.90 Å². The van der Waals surface area contributed by atoms with Crippen LogP contribution in [0.25, 0.3) is 0 Å². The van der Waals surface area contributed by atoms with Gasteiger partial charge in [-0.15, -0.1) is 0 Å². The number of amides is 1. The van der Waals surface area contributed by atoms with Crippen molar-refractivity contribution in [2.75, 3.05) is 43.6 Å². The minimum Gasteiger partial charge on any atom is -0.497 e. The zero-order valence-electron chi connectivity index (χ0n) is 26.3. The summed E-state index contributed by atoms with van der Waals surface area (Å²) in [5.74, 6) is 2.94. The topological polar surface area (TPSA) is 100 Å². The maximum absolute atomic E-state index is 13.1. The normalized spacial score (nSPS) is 21.3. The lowest BCUT2D eigenvalue weighted by atomic mass is 9.68. The van der Waals surface area contributed by atoms with Gasteiger partial charge >= 0.3 is 6.09 Å². The third-order valence-corrected chi connectivity index (χ3v) is 9.23. The number of piperidine rings is 1. The summed E-state index contributed by atoms with van der Waals surface area (Å²) in [6.45, 7) is 8.58. The van der Waals surface area contributed by atoms with E-state index in [1.54, 1.807) is 19.4 Å². The lowest BCUT2D eigenvalue weighted by Gasteiger charge is -2.43. The van der Waals surface area contributed by atoms with Crippen molar-refractivity contribution in [3.8, 4) is 11.5 Å². The zero-order chi connectivity index (χ0) is 30.9. The van der Waals surface area contributed by atoms with E-state index in [2.05, 4.69) is 29.0 Å². The van der Waals surface area contributed by atoms with Crippen LogP contribution in [-0.4, -0.2) is 59.4 Å². The number of aromatic nitrogens is 2. The van der Waals surface area contributed by atoms with Crippen LogP contribution in [0.3, 0.4) is 0 Å². The largest absolute Gasteiger partial charge is 0.497 e. The molecule has 3 aromatic rings. The highest BCUT2D eigenvalue weighted by Crippen LogP contribution is 2.46. The molecule has 2 aliphatic rings. The van der Waals surface area contributed by atoms with Gasteiger partial charge in [0.1, 0.15) is 17.3 Å². The molecule has 1 amide bonds. The molecule has 1 saturated heterocycles. The van der Waals surface area contributed by atoms with Gasteiger partial charge in [0.25, 0.3) is 0 Å². The Bertz CT molecular complexity index is 1350. The number of hydrogen-bond donors (Lipinski definition) is 2. The number of hydrogen-bond acceptors (Lipinski definition) is 7. The zero-order valence-corrected chi connectivity index (χ0v) is 26.3. The molecule has 1 saturated carbocycles. The molecule has 2 fully saturated rings. The van der Waals surface area contributed by atoms with Gasteiger partial charge in [-0.05, 0) is 86.0 Å². The molecule has 1 aromatic heterocycles. The van der Waals surface area contributed by atoms with Crippen molar-refractivity contribution < 1.29 is 19.4 Å². The second-order valence-electron chi connectivity index (χ2n) is 12.3. The van der Waals surface area contributed by atoms with E-state index < -0.39 is 12.1 Å². The maximum atomic E-state index is 13.1. The molecule has 0 spiro atoms. The highest BCUT2D eigenvalue weighted by atomic mass is 16.5. The second-order valence-corrected chi connectivity index (χ2v) is 12.3. The molecule has 5 rings (SSSR count). The molecular weight excluding hydrogens is 554 g/mol. The fourth-order valence-electron chi connectivity index (χ4n) is 7.06. The first-order valence-corrected chi connectivity index (χ1v) is 16.1. The summed E-state index contributed by atoms with van der Waals surface area (Å²) in [6, 6.07) is 16.7. The van der Waals surface area contributed by atoms with E-state index in [0.717, 1.165) is 49.2 Å². The summed E-state index contributed by atoms with van der Waals surface area (Å²) in [6.07, 6.45) is 8.76. The predicted molar refractivity (Wildman–Crippen MR) is 174 cm³/mol. The first-order valence-electron chi connectivity index (χ1n) is 16.1. The molecule has 0 radical (unpaired) electrons. The summed E-state index contributed by atoms with van der Waals surface area (Å²) in [5, 5.41) is 13.9. The third-order valence-electron chi connectivity index (χ3n) is 9.23. The Kier molecular flexibility index (Phi) is 10.9. The maximum Gasteiger partial charge on any atom is 0.413 e. The molecular formula is C35H47N5O4. The standard InChI is InChI=1S/C35H47N5O4/c1-25-11-7-12-26(2)32(25)33(27-13-8-15-29(23-27)43-3)40(35(41)42)31-17-18-36-34(38-31)37-28-14-9-16-30(24-28)44-22-10-21-39-19-5-4-6-20-39/h8-9,13-18,23-26,32-33H,4-7,10-12,19-22H2,1-3H3,(H,41,42)(H,36,37,38). The Morgan fingerprint density at radius 2 is 1.77 bits per heavy atom. The molecule has 3 unspecified atom stereocenters. The molecule has 2 aromatic carbocycles. The van der Waals surface area contributed by atoms with Gasteiger partial charge in [-0.2, -0.15) is 4.98 Å². The van der Waals surface area contributed by atoms with Gasteiger partial charge in [-0.3, -0.25) is 4.90 Å². The quantitative estimate of drug-likeness (QED) is 0.203. The number of ether oxygens (including phenoxy) is 2. The minimum atomic E-state index is -1.05. The van der Waals surface area contributed by atoms with E-state index in [4.69, 9.17) is 14.5 Å². The van der Waals surface area contributed by atoms with Crippen molar-refractivity contribution >= 4 is 23.5 Å². The highest BCUT2D eigenvalue weighted by molar-refractivity contribution is 5.86. The molecule has 2 heterocycles. The summed E-state index contributed by atoms with van der Waals surface area (Å²) in [7, 11) is 1.63. The highest BCUT2D eigenvalue weighted by Gasteiger charge is 2.41. The Hall–Kier alpha value is -3.85. The predicted octanol–water partition coefficient (Wildman–Crippen LogP) is 7.78. The van der Waals surface area contributed by atoms with E-state index in [1.165, 1.54) is 37.3 Å². The Morgan fingerprint density at radius 3 is 2.52 bits per heavy atom. The van der Waals surface area contributed by atoms with Crippen molar-refractivity contribution in [2.45, 2.75) is 64.8 Å². The van der Waals surface area contributed by atoms with Crippen LogP contribution in [0.1, 0.15) is 70.4 Å². The van der Waals surface area contributed by atoms with Gasteiger partial charge in [0, 0.05) is 24.5 Å². The van der Waals surface area contributed by atoms with Crippen LogP contribution in [0.15, 0.2) is 60.8 Å². The van der Waals surface area contributed by atoms with E-state index in [0.29, 0.717) is 36.0 Å². The van der Waals surface area contributed by atoms with Crippen LogP contribution < -0.4 is 19.7 Å². The lowest BCUT2D eigenvalue weighted by Crippen LogP contribution is -2.43. The second kappa shape index (κ2) is 15.2. The molecule has 2 N–H and O–H groups in total. The average molecular weight is 602 g/mol. The molecule has 3 atom stereocenters. The summed E-state index contributed by atoms with van der Waals surface area (Å²) in [5.41, 5.74) is 1.67. The fraction of sp³-hybridized carbons (Fsp3) is 0.514. The molecule has 9 heteroatoms. The average Bonchev–Trinajstić information content (AvgIpc) is 3.03. The van der Waals surface area contributed by atoms with Crippen LogP contribution in [-0.2, 0) is 0 Å². The first kappa shape index (κ1) is 31.6. The summed E-state index contributed by atoms with van der Waals surface area (Å²) in [4.78, 5) is 26.2. The molecule has 0 bridgehead atoms. The molecule has 1 aliphatic heterocycles. The summed E-state index contributed by atoms with van der Waals surface area (Å²) < 4.78 is 11.6. The summed E-state index contributed by atoms with van der Waals surface area (Å²) >= 11 is 0. The number of benzene rings is 2. The van der Waals surface area contributed by atoms with Gasteiger partial charge in [0.15, 0.2) is 0 Å². The van der Waals surface area contributed by atoms with Gasteiger partial charge < -0.3 is 24.8 Å². The van der Waals surface area contributed by atoms with Crippen LogP contribution >= 0.6 is 0 Å². The fourth-order valence-corrected chi connectivity index (χ4v) is 7.06. The minimum absolute atomic E-state index is 0.113. The monoisotopic (exact) mass is 601 g/mol. The van der Waals surface area contributed by atoms with E-state index in [-0.39, 0.29) is 5.92 Å². The third kappa shape index (κ3) is 8.00. The SMILES string of the molecule is COc1cccc(C(C2C(C)CCCC2C)N(C(=O)O)c2ccnc(Nc3cccc(OCCCN4CCCCC4)c3)n2)c1. The number of methoxy groups -OCH3 is 1. The number of nitrogens with one attached hydrogen (secondary N) is 1. The van der Waals surface area contributed by atoms with Crippen molar-refractivity contribution in [2.24, 2.45) is 17.8 Å². The molecule has 236 valence electrons. The van der Waals surface area contributed by atoms with Crippen molar-refractivity contribution in [3.05, 3.63) is 66.4 Å². The van der Waals surface area contributed by atoms with E-state index in [1.807, 2.05) is 48.5 Å². The van der Waals surface area contributed by atoms with Gasteiger partial charge in [-0.1, -0.05) is 57.7 Å². The van der Waals surface area contributed by atoms with Crippen LogP contribution in [0.2, 0.25) is 0 Å². The van der Waals surface area contributed by atoms with Gasteiger partial charge in [-0.25, -0.2) is 9.78 Å². The number of carbonyl (C=O) groups is 1. The van der Waals surface area contributed by atoms with E-state index >= 15 is 0 Å². The smallest absolute Gasteiger partial charge is 0.413 e. The number of rotatable bonds is 12. The van der Waals surface area contributed by atoms with Gasteiger partial charge in [0.05, 0.1) is 19.8 Å². The molecule has 44 heavy (non-hydrogen) atoms. The van der Waals surface area contributed by atoms with Crippen molar-refractivity contribution in [1.82, 2.24) is 14.9 Å². The number of nitrogens with zero attached hydrogens (tertiary/aromatic N) is 4. The Labute approximate surface area is 261 Å². The lowest BCUT2D eigenvalue weighted by molar-refractivity contribution is 0.136. The van der Waals surface area contributed by atoms with Crippen LogP contribution in [0.4, 0.5) is 22.2 Å².